The lowest BCUT2D eigenvalue weighted by atomic mass is 9.77. The molecule has 0 unspecified atom stereocenters. The summed E-state index contributed by atoms with van der Waals surface area (Å²) in [5.41, 5.74) is 8.73. The third-order valence-electron chi connectivity index (χ3n) is 7.55. The maximum atomic E-state index is 13.6. The first kappa shape index (κ1) is 24.3. The smallest absolute Gasteiger partial charge is 0.253 e. The highest BCUT2D eigenvalue weighted by atomic mass is 16.5. The lowest BCUT2D eigenvalue weighted by molar-refractivity contribution is -0.127. The second-order valence-electron chi connectivity index (χ2n) is 9.43. The van der Waals surface area contributed by atoms with Crippen LogP contribution in [0.2, 0.25) is 0 Å². The zero-order valence-corrected chi connectivity index (χ0v) is 20.8. The number of nitrogens with zero attached hydrogens (tertiary/aromatic N) is 4. The molecule has 2 aliphatic heterocycles. The van der Waals surface area contributed by atoms with Crippen LogP contribution in [0.3, 0.4) is 0 Å². The number of rotatable bonds is 6. The molecule has 0 aliphatic carbocycles. The minimum atomic E-state index is -0.454. The van der Waals surface area contributed by atoms with Crippen LogP contribution in [0.5, 0.6) is 5.75 Å². The van der Waals surface area contributed by atoms with Crippen LogP contribution < -0.4 is 15.4 Å². The number of carbonyl (C=O) groups is 2. The van der Waals surface area contributed by atoms with Gasteiger partial charge in [0, 0.05) is 72.9 Å². The molecule has 0 saturated carbocycles. The van der Waals surface area contributed by atoms with Crippen LogP contribution in [0.1, 0.15) is 35.2 Å². The van der Waals surface area contributed by atoms with Gasteiger partial charge in [-0.1, -0.05) is 0 Å². The van der Waals surface area contributed by atoms with Crippen LogP contribution in [0.4, 0.5) is 5.69 Å². The first-order chi connectivity index (χ1) is 18.0. The number of hydrogen-bond donors (Lipinski definition) is 2. The number of anilines is 1. The zero-order chi connectivity index (χ0) is 26.0. The minimum absolute atomic E-state index is 0.0144. The van der Waals surface area contributed by atoms with Gasteiger partial charge in [0.1, 0.15) is 5.75 Å². The second-order valence-corrected chi connectivity index (χ2v) is 9.43. The Morgan fingerprint density at radius 1 is 1.08 bits per heavy atom. The van der Waals surface area contributed by atoms with Gasteiger partial charge in [-0.25, -0.2) is 4.68 Å². The number of piperidine rings is 1. The topological polar surface area (TPSA) is 118 Å². The molecule has 2 amide bonds. The summed E-state index contributed by atoms with van der Waals surface area (Å²) in [6, 6.07) is 14.8. The number of ether oxygens (including phenoxy) is 1. The SMILES string of the molecule is COc1cc(N2CCC3(CCN(C(=O)c4ccc(-n5cccn5)cc4)CC3)C2=O)ccc1/C(C=N)=C/N. The molecule has 2 aliphatic rings. The Bertz CT molecular complexity index is 1340. The number of aromatic nitrogens is 2. The fourth-order valence-electron chi connectivity index (χ4n) is 5.33. The molecule has 1 aromatic heterocycles. The number of allylic oxidation sites excluding steroid dienone is 1. The van der Waals surface area contributed by atoms with Crippen LogP contribution >= 0.6 is 0 Å². The van der Waals surface area contributed by atoms with Crippen LogP contribution in [-0.4, -0.2) is 59.5 Å². The van der Waals surface area contributed by atoms with Gasteiger partial charge in [0.25, 0.3) is 5.91 Å². The van der Waals surface area contributed by atoms with Crippen LogP contribution in [-0.2, 0) is 4.79 Å². The maximum absolute atomic E-state index is 13.6. The van der Waals surface area contributed by atoms with Crippen molar-refractivity contribution in [1.82, 2.24) is 14.7 Å². The van der Waals surface area contributed by atoms with Crippen molar-refractivity contribution in [3.8, 4) is 11.4 Å². The molecule has 9 nitrogen and oxygen atoms in total. The summed E-state index contributed by atoms with van der Waals surface area (Å²) in [5, 5.41) is 11.8. The van der Waals surface area contributed by atoms with Gasteiger partial charge in [0.15, 0.2) is 0 Å². The summed E-state index contributed by atoms with van der Waals surface area (Å²) >= 11 is 0. The Morgan fingerprint density at radius 3 is 2.41 bits per heavy atom. The van der Waals surface area contributed by atoms with E-state index in [1.54, 1.807) is 18.0 Å². The van der Waals surface area contributed by atoms with Crippen molar-refractivity contribution >= 4 is 29.3 Å². The largest absolute Gasteiger partial charge is 0.496 e. The summed E-state index contributed by atoms with van der Waals surface area (Å²) in [6.07, 6.45) is 8.15. The molecule has 2 fully saturated rings. The third kappa shape index (κ3) is 4.37. The average molecular weight is 499 g/mol. The maximum Gasteiger partial charge on any atom is 0.253 e. The summed E-state index contributed by atoms with van der Waals surface area (Å²) < 4.78 is 7.28. The standard InChI is InChI=1S/C28H30N6O3/c1-37-25-17-23(7-8-24(25)21(18-29)19-30)33-16-11-28(27(33)36)9-14-32(15-10-28)26(35)20-3-5-22(6-4-20)34-13-2-12-31-34/h2-8,12-13,17-19,29H,9-11,14-16,30H2,1H3/b21-19+,29-18?. The van der Waals surface area contributed by atoms with Gasteiger partial charge in [-0.2, -0.15) is 5.10 Å². The molecule has 3 aromatic rings. The molecule has 0 atom stereocenters. The zero-order valence-electron chi connectivity index (χ0n) is 20.8. The van der Waals surface area contributed by atoms with E-state index in [2.05, 4.69) is 5.10 Å². The number of methoxy groups -OCH3 is 1. The van der Waals surface area contributed by atoms with E-state index in [1.807, 2.05) is 64.5 Å². The molecule has 3 heterocycles. The van der Waals surface area contributed by atoms with Crippen molar-refractivity contribution in [2.24, 2.45) is 11.1 Å². The van der Waals surface area contributed by atoms with Crippen LogP contribution in [0, 0.1) is 10.8 Å². The number of carbonyl (C=O) groups excluding carboxylic acids is 2. The van der Waals surface area contributed by atoms with Gasteiger partial charge in [-0.15, -0.1) is 0 Å². The van der Waals surface area contributed by atoms with Gasteiger partial charge in [0.05, 0.1) is 18.2 Å². The molecule has 2 saturated heterocycles. The van der Waals surface area contributed by atoms with Crippen molar-refractivity contribution in [3.05, 3.63) is 78.3 Å². The normalized spacial score (nSPS) is 17.3. The van der Waals surface area contributed by atoms with E-state index >= 15 is 0 Å². The molecule has 0 bridgehead atoms. The molecular formula is C28H30N6O3. The number of hydrogen-bond acceptors (Lipinski definition) is 6. The fraction of sp³-hybridized carbons (Fsp3) is 0.286. The number of nitrogens with one attached hydrogen (secondary N) is 1. The van der Waals surface area contributed by atoms with Crippen molar-refractivity contribution in [1.29, 1.82) is 5.41 Å². The monoisotopic (exact) mass is 498 g/mol. The van der Waals surface area contributed by atoms with Gasteiger partial charge >= 0.3 is 0 Å². The van der Waals surface area contributed by atoms with Gasteiger partial charge in [-0.3, -0.25) is 9.59 Å². The van der Waals surface area contributed by atoms with Crippen LogP contribution in [0.15, 0.2) is 67.1 Å². The predicted molar refractivity (Wildman–Crippen MR) is 142 cm³/mol. The van der Waals surface area contributed by atoms with E-state index in [4.69, 9.17) is 15.9 Å². The van der Waals surface area contributed by atoms with Crippen molar-refractivity contribution in [2.75, 3.05) is 31.6 Å². The van der Waals surface area contributed by atoms with E-state index in [1.165, 1.54) is 12.4 Å². The Hall–Kier alpha value is -4.40. The Labute approximate surface area is 215 Å². The molecule has 1 spiro atoms. The number of nitrogens with two attached hydrogens (primary N) is 1. The van der Waals surface area contributed by atoms with Crippen molar-refractivity contribution in [3.63, 3.8) is 0 Å². The number of benzene rings is 2. The van der Waals surface area contributed by atoms with Crippen molar-refractivity contribution in [2.45, 2.75) is 19.3 Å². The average Bonchev–Trinajstić information content (AvgIpc) is 3.59. The van der Waals surface area contributed by atoms with Crippen LogP contribution in [0.25, 0.3) is 11.3 Å². The Kier molecular flexibility index (Phi) is 6.52. The van der Waals surface area contributed by atoms with E-state index in [9.17, 15) is 9.59 Å². The summed E-state index contributed by atoms with van der Waals surface area (Å²) in [4.78, 5) is 30.4. The second kappa shape index (κ2) is 9.93. The Balaban J connectivity index is 1.26. The van der Waals surface area contributed by atoms with E-state index in [0.717, 1.165) is 17.8 Å². The first-order valence-corrected chi connectivity index (χ1v) is 12.3. The Morgan fingerprint density at radius 2 is 1.78 bits per heavy atom. The number of likely N-dealkylation sites (tertiary alicyclic amines) is 1. The molecule has 2 aromatic carbocycles. The highest BCUT2D eigenvalue weighted by Gasteiger charge is 2.49. The minimum Gasteiger partial charge on any atom is -0.496 e. The summed E-state index contributed by atoms with van der Waals surface area (Å²) in [6.45, 7) is 1.71. The lowest BCUT2D eigenvalue weighted by Gasteiger charge is -2.38. The van der Waals surface area contributed by atoms with Gasteiger partial charge < -0.3 is 25.7 Å². The van der Waals surface area contributed by atoms with Crippen molar-refractivity contribution < 1.29 is 14.3 Å². The quantitative estimate of drug-likeness (QED) is 0.505. The molecule has 5 rings (SSSR count). The fourth-order valence-corrected chi connectivity index (χ4v) is 5.33. The van der Waals surface area contributed by atoms with E-state index < -0.39 is 5.41 Å². The molecule has 3 N–H and O–H groups in total. The molecular weight excluding hydrogens is 468 g/mol. The highest BCUT2D eigenvalue weighted by Crippen LogP contribution is 2.44. The third-order valence-corrected chi connectivity index (χ3v) is 7.55. The molecule has 37 heavy (non-hydrogen) atoms. The summed E-state index contributed by atoms with van der Waals surface area (Å²) in [7, 11) is 1.56. The first-order valence-electron chi connectivity index (χ1n) is 12.3. The van der Waals surface area contributed by atoms with E-state index in [0.29, 0.717) is 54.9 Å². The van der Waals surface area contributed by atoms with Gasteiger partial charge in [0.2, 0.25) is 5.91 Å². The number of amides is 2. The highest BCUT2D eigenvalue weighted by molar-refractivity contribution is 6.09. The molecule has 190 valence electrons. The van der Waals surface area contributed by atoms with E-state index in [-0.39, 0.29) is 11.8 Å². The lowest BCUT2D eigenvalue weighted by Crippen LogP contribution is -2.46. The predicted octanol–water partition coefficient (Wildman–Crippen LogP) is 3.49. The molecule has 0 radical (unpaired) electrons. The summed E-state index contributed by atoms with van der Waals surface area (Å²) in [5.74, 6) is 0.643. The molecule has 9 heteroatoms. The van der Waals surface area contributed by atoms with Gasteiger partial charge in [-0.05, 0) is 61.7 Å².